The summed E-state index contributed by atoms with van der Waals surface area (Å²) < 4.78 is 5.49. The summed E-state index contributed by atoms with van der Waals surface area (Å²) in [4.78, 5) is 45.8. The standard InChI is InChI=1S/C26H22N4O5S/c1-35-18-7-8-20-19(11-18)26(25(32)28-20)23(24(31)16-5-3-9-27-12-16)22(21-13-36-14-29(21)26)15-4-2-6-17(10-15)30(33)34/h2-12,21-23H,13-14H2,1H3,(H,28,32)/t21-,22-,23-,26-/m1/s1. The van der Waals surface area contributed by atoms with Crippen molar-refractivity contribution in [1.29, 1.82) is 0 Å². The number of carbonyl (C=O) groups is 2. The fourth-order valence-electron chi connectivity index (χ4n) is 6.09. The summed E-state index contributed by atoms with van der Waals surface area (Å²) in [5, 5.41) is 14.6. The molecule has 4 atom stereocenters. The van der Waals surface area contributed by atoms with Crippen LogP contribution >= 0.6 is 11.8 Å². The lowest BCUT2D eigenvalue weighted by molar-refractivity contribution is -0.384. The van der Waals surface area contributed by atoms with Crippen LogP contribution in [0, 0.1) is 16.0 Å². The maximum absolute atomic E-state index is 14.3. The number of rotatable bonds is 5. The monoisotopic (exact) mass is 502 g/mol. The van der Waals surface area contributed by atoms with Gasteiger partial charge in [-0.25, -0.2) is 0 Å². The molecule has 3 aliphatic rings. The molecule has 36 heavy (non-hydrogen) atoms. The minimum absolute atomic E-state index is 0.0452. The Hall–Kier alpha value is -3.76. The number of anilines is 1. The number of nitro groups is 1. The number of thioether (sulfide) groups is 1. The molecule has 4 heterocycles. The van der Waals surface area contributed by atoms with Crippen molar-refractivity contribution in [2.24, 2.45) is 5.92 Å². The van der Waals surface area contributed by atoms with Gasteiger partial charge >= 0.3 is 0 Å². The number of carbonyl (C=O) groups excluding carboxylic acids is 2. The molecule has 1 aromatic heterocycles. The molecular formula is C26H22N4O5S. The lowest BCUT2D eigenvalue weighted by atomic mass is 9.69. The molecule has 3 aromatic rings. The van der Waals surface area contributed by atoms with Crippen molar-refractivity contribution in [3.63, 3.8) is 0 Å². The molecule has 2 saturated heterocycles. The van der Waals surface area contributed by atoms with E-state index in [1.165, 1.54) is 18.3 Å². The third-order valence-electron chi connectivity index (χ3n) is 7.52. The van der Waals surface area contributed by atoms with Crippen LogP contribution in [-0.4, -0.2) is 51.3 Å². The summed E-state index contributed by atoms with van der Waals surface area (Å²) in [5.41, 5.74) is 1.06. The first-order valence-electron chi connectivity index (χ1n) is 11.5. The summed E-state index contributed by atoms with van der Waals surface area (Å²) in [6.45, 7) is 0. The largest absolute Gasteiger partial charge is 0.497 e. The summed E-state index contributed by atoms with van der Waals surface area (Å²) in [6, 6.07) is 15.1. The zero-order valence-corrected chi connectivity index (χ0v) is 20.1. The first-order chi connectivity index (χ1) is 17.5. The molecule has 9 nitrogen and oxygen atoms in total. The van der Waals surface area contributed by atoms with Gasteiger partial charge in [0.25, 0.3) is 5.69 Å². The molecular weight excluding hydrogens is 480 g/mol. The Kier molecular flexibility index (Phi) is 5.31. The number of ketones is 1. The Bertz CT molecular complexity index is 1400. The Morgan fingerprint density at radius 2 is 2.11 bits per heavy atom. The van der Waals surface area contributed by atoms with Crippen molar-refractivity contribution in [3.05, 3.63) is 93.8 Å². The van der Waals surface area contributed by atoms with Gasteiger partial charge in [-0.05, 0) is 35.9 Å². The number of non-ortho nitro benzene ring substituents is 1. The van der Waals surface area contributed by atoms with Crippen molar-refractivity contribution in [2.75, 3.05) is 24.1 Å². The minimum Gasteiger partial charge on any atom is -0.497 e. The van der Waals surface area contributed by atoms with Gasteiger partial charge in [0.05, 0.1) is 18.0 Å². The predicted molar refractivity (Wildman–Crippen MR) is 134 cm³/mol. The van der Waals surface area contributed by atoms with Gasteiger partial charge < -0.3 is 10.1 Å². The van der Waals surface area contributed by atoms with Gasteiger partial charge in [0, 0.05) is 64.9 Å². The number of pyridine rings is 1. The van der Waals surface area contributed by atoms with E-state index in [2.05, 4.69) is 15.2 Å². The second-order valence-corrected chi connectivity index (χ2v) is 10.1. The number of methoxy groups -OCH3 is 1. The Morgan fingerprint density at radius 3 is 2.86 bits per heavy atom. The maximum atomic E-state index is 14.3. The van der Waals surface area contributed by atoms with Gasteiger partial charge in [0.2, 0.25) is 5.91 Å². The van der Waals surface area contributed by atoms with E-state index in [1.807, 2.05) is 12.1 Å². The van der Waals surface area contributed by atoms with Crippen LogP contribution in [0.3, 0.4) is 0 Å². The van der Waals surface area contributed by atoms with Gasteiger partial charge in [-0.2, -0.15) is 0 Å². The SMILES string of the molecule is COc1ccc2c(c1)[C@]1(C(=O)N2)[C@@H](C(=O)c2cccnc2)[C@H](c2cccc([N+](=O)[O-])c2)[C@H]2CSCN21. The molecule has 1 spiro atoms. The second kappa shape index (κ2) is 8.42. The molecule has 0 bridgehead atoms. The van der Waals surface area contributed by atoms with Crippen molar-refractivity contribution in [2.45, 2.75) is 17.5 Å². The van der Waals surface area contributed by atoms with Crippen molar-refractivity contribution in [3.8, 4) is 5.75 Å². The number of Topliss-reactive ketones (excluding diaryl/α,β-unsaturated/α-hetero) is 1. The van der Waals surface area contributed by atoms with E-state index in [9.17, 15) is 19.7 Å². The van der Waals surface area contributed by atoms with E-state index >= 15 is 0 Å². The fraction of sp³-hybridized carbons (Fsp3) is 0.269. The molecule has 6 rings (SSSR count). The van der Waals surface area contributed by atoms with Crippen LogP contribution < -0.4 is 10.1 Å². The smallest absolute Gasteiger partial charge is 0.269 e. The van der Waals surface area contributed by atoms with E-state index in [0.717, 1.165) is 0 Å². The number of hydrogen-bond donors (Lipinski definition) is 1. The van der Waals surface area contributed by atoms with Crippen LogP contribution in [0.1, 0.15) is 27.4 Å². The second-order valence-electron chi connectivity index (χ2n) is 9.13. The number of nitrogens with zero attached hydrogens (tertiary/aromatic N) is 3. The molecule has 3 aliphatic heterocycles. The van der Waals surface area contributed by atoms with Gasteiger partial charge in [0.1, 0.15) is 11.3 Å². The normalized spacial score (nSPS) is 26.5. The number of nitrogens with one attached hydrogen (secondary N) is 1. The van der Waals surface area contributed by atoms with E-state index < -0.39 is 22.3 Å². The minimum atomic E-state index is -1.29. The zero-order chi connectivity index (χ0) is 25.0. The van der Waals surface area contributed by atoms with Crippen molar-refractivity contribution >= 4 is 34.8 Å². The molecule has 2 aromatic carbocycles. The third kappa shape index (κ3) is 3.11. The Morgan fingerprint density at radius 1 is 1.25 bits per heavy atom. The molecule has 182 valence electrons. The number of hydrogen-bond acceptors (Lipinski definition) is 8. The molecule has 0 unspecified atom stereocenters. The lowest BCUT2D eigenvalue weighted by Crippen LogP contribution is -2.52. The van der Waals surface area contributed by atoms with Gasteiger partial charge in [-0.3, -0.25) is 29.6 Å². The van der Waals surface area contributed by atoms with E-state index in [0.29, 0.717) is 39.8 Å². The first-order valence-corrected chi connectivity index (χ1v) is 12.7. The first kappa shape index (κ1) is 22.7. The number of aromatic nitrogens is 1. The molecule has 10 heteroatoms. The maximum Gasteiger partial charge on any atom is 0.269 e. The van der Waals surface area contributed by atoms with Crippen molar-refractivity contribution in [1.82, 2.24) is 9.88 Å². The van der Waals surface area contributed by atoms with Crippen LogP contribution in [0.25, 0.3) is 0 Å². The predicted octanol–water partition coefficient (Wildman–Crippen LogP) is 3.82. The highest BCUT2D eigenvalue weighted by atomic mass is 32.2. The van der Waals surface area contributed by atoms with Gasteiger partial charge in [0.15, 0.2) is 5.78 Å². The average Bonchev–Trinajstić information content (AvgIpc) is 3.57. The topological polar surface area (TPSA) is 115 Å². The van der Waals surface area contributed by atoms with E-state index in [1.54, 1.807) is 55.4 Å². The highest BCUT2D eigenvalue weighted by molar-refractivity contribution is 7.99. The lowest BCUT2D eigenvalue weighted by Gasteiger charge is -2.36. The number of amides is 1. The number of ether oxygens (including phenoxy) is 1. The quantitative estimate of drug-likeness (QED) is 0.318. The summed E-state index contributed by atoms with van der Waals surface area (Å²) in [6.07, 6.45) is 3.11. The highest BCUT2D eigenvalue weighted by Crippen LogP contribution is 2.61. The molecule has 0 saturated carbocycles. The van der Waals surface area contributed by atoms with Crippen LogP contribution in [0.4, 0.5) is 11.4 Å². The zero-order valence-electron chi connectivity index (χ0n) is 19.3. The van der Waals surface area contributed by atoms with Crippen molar-refractivity contribution < 1.29 is 19.2 Å². The third-order valence-corrected chi connectivity index (χ3v) is 8.56. The molecule has 1 N–H and O–H groups in total. The molecule has 0 radical (unpaired) electrons. The van der Waals surface area contributed by atoms with Gasteiger partial charge in [-0.15, -0.1) is 11.8 Å². The van der Waals surface area contributed by atoms with Crippen LogP contribution in [0.15, 0.2) is 67.0 Å². The highest BCUT2D eigenvalue weighted by Gasteiger charge is 2.69. The Balaban J connectivity index is 1.63. The summed E-state index contributed by atoms with van der Waals surface area (Å²) in [7, 11) is 1.56. The number of fused-ring (bicyclic) bond motifs is 4. The van der Waals surface area contributed by atoms with E-state index in [-0.39, 0.29) is 23.4 Å². The molecule has 2 fully saturated rings. The molecule has 1 amide bonds. The van der Waals surface area contributed by atoms with E-state index in [4.69, 9.17) is 4.74 Å². The van der Waals surface area contributed by atoms with Crippen LogP contribution in [0.2, 0.25) is 0 Å². The van der Waals surface area contributed by atoms with Crippen LogP contribution in [0.5, 0.6) is 5.75 Å². The fourth-order valence-corrected chi connectivity index (χ4v) is 7.41. The number of nitro benzene ring substituents is 1. The average molecular weight is 503 g/mol. The Labute approximate surface area is 211 Å². The summed E-state index contributed by atoms with van der Waals surface area (Å²) in [5.74, 6) is 0.0614. The van der Waals surface area contributed by atoms with Crippen LogP contribution in [-0.2, 0) is 10.3 Å². The molecule has 0 aliphatic carbocycles. The van der Waals surface area contributed by atoms with Gasteiger partial charge in [-0.1, -0.05) is 12.1 Å². The summed E-state index contributed by atoms with van der Waals surface area (Å²) >= 11 is 1.69. The number of benzene rings is 2.